The average Bonchev–Trinajstić information content (AvgIpc) is 2.38. The molecule has 18 heavy (non-hydrogen) atoms. The molecule has 1 rings (SSSR count). The normalized spacial score (nSPS) is 13.8. The minimum atomic E-state index is 0.535. The Labute approximate surface area is 111 Å². The maximum absolute atomic E-state index is 5.50. The van der Waals surface area contributed by atoms with Gasteiger partial charge in [0, 0.05) is 6.20 Å². The zero-order valence-corrected chi connectivity index (χ0v) is 12.0. The van der Waals surface area contributed by atoms with Crippen LogP contribution in [-0.4, -0.2) is 0 Å². The molecule has 3 N–H and O–H groups in total. The molecule has 0 aromatic heterocycles. The van der Waals surface area contributed by atoms with Gasteiger partial charge in [-0.15, -0.1) is 0 Å². The topological polar surface area (TPSA) is 38.0 Å². The SMILES string of the molecule is CCc1cccc(/C(=C/NN)C(CC)C(C)C)c1. The molecule has 0 heterocycles. The van der Waals surface area contributed by atoms with E-state index in [1.165, 1.54) is 16.7 Å². The molecule has 0 bridgehead atoms. The van der Waals surface area contributed by atoms with Gasteiger partial charge in [-0.2, -0.15) is 0 Å². The van der Waals surface area contributed by atoms with E-state index in [9.17, 15) is 0 Å². The Morgan fingerprint density at radius 3 is 2.56 bits per heavy atom. The fraction of sp³-hybridized carbons (Fsp3) is 0.500. The van der Waals surface area contributed by atoms with Crippen LogP contribution in [-0.2, 0) is 6.42 Å². The second kappa shape index (κ2) is 7.22. The van der Waals surface area contributed by atoms with Crippen molar-refractivity contribution in [3.8, 4) is 0 Å². The Kier molecular flexibility index (Phi) is 5.93. The van der Waals surface area contributed by atoms with Gasteiger partial charge >= 0.3 is 0 Å². The molecule has 0 fully saturated rings. The highest BCUT2D eigenvalue weighted by atomic mass is 15.2. The molecule has 0 amide bonds. The van der Waals surface area contributed by atoms with Crippen LogP contribution in [0.25, 0.3) is 5.57 Å². The molecular weight excluding hydrogens is 220 g/mol. The number of nitrogens with one attached hydrogen (secondary N) is 1. The van der Waals surface area contributed by atoms with Gasteiger partial charge in [0.25, 0.3) is 0 Å². The molecule has 0 aliphatic heterocycles. The van der Waals surface area contributed by atoms with Crippen LogP contribution in [0.2, 0.25) is 0 Å². The third kappa shape index (κ3) is 3.61. The maximum Gasteiger partial charge on any atom is 0.0164 e. The molecule has 1 aromatic rings. The van der Waals surface area contributed by atoms with Crippen molar-refractivity contribution in [2.45, 2.75) is 40.5 Å². The van der Waals surface area contributed by atoms with Crippen LogP contribution >= 0.6 is 0 Å². The summed E-state index contributed by atoms with van der Waals surface area (Å²) in [7, 11) is 0. The smallest absolute Gasteiger partial charge is 0.0164 e. The Balaban J connectivity index is 3.15. The molecule has 0 saturated carbocycles. The molecule has 2 heteroatoms. The Bertz CT molecular complexity index is 394. The summed E-state index contributed by atoms with van der Waals surface area (Å²) in [5, 5.41) is 0. The van der Waals surface area contributed by atoms with Crippen molar-refractivity contribution < 1.29 is 0 Å². The number of hydrazine groups is 1. The number of hydrogen-bond donors (Lipinski definition) is 2. The molecule has 0 saturated heterocycles. The predicted molar refractivity (Wildman–Crippen MR) is 79.7 cm³/mol. The second-order valence-corrected chi connectivity index (χ2v) is 5.08. The van der Waals surface area contributed by atoms with E-state index in [1.54, 1.807) is 0 Å². The summed E-state index contributed by atoms with van der Waals surface area (Å²) in [6.45, 7) is 8.95. The molecule has 0 spiro atoms. The number of rotatable bonds is 6. The number of aryl methyl sites for hydroxylation is 1. The van der Waals surface area contributed by atoms with Crippen LogP contribution in [0.4, 0.5) is 0 Å². The van der Waals surface area contributed by atoms with E-state index in [0.717, 1.165) is 12.8 Å². The second-order valence-electron chi connectivity index (χ2n) is 5.08. The van der Waals surface area contributed by atoms with Crippen molar-refractivity contribution in [3.63, 3.8) is 0 Å². The quantitative estimate of drug-likeness (QED) is 0.593. The van der Waals surface area contributed by atoms with Gasteiger partial charge in [-0.1, -0.05) is 52.0 Å². The number of allylic oxidation sites excluding steroid dienone is 1. The van der Waals surface area contributed by atoms with Gasteiger partial charge in [0.15, 0.2) is 0 Å². The van der Waals surface area contributed by atoms with Gasteiger partial charge in [-0.25, -0.2) is 0 Å². The Morgan fingerprint density at radius 1 is 1.33 bits per heavy atom. The van der Waals surface area contributed by atoms with E-state index in [0.29, 0.717) is 11.8 Å². The lowest BCUT2D eigenvalue weighted by molar-refractivity contribution is 0.465. The van der Waals surface area contributed by atoms with Crippen molar-refractivity contribution >= 4 is 5.57 Å². The highest BCUT2D eigenvalue weighted by Gasteiger charge is 2.18. The minimum absolute atomic E-state index is 0.535. The van der Waals surface area contributed by atoms with E-state index in [-0.39, 0.29) is 0 Å². The lowest BCUT2D eigenvalue weighted by atomic mass is 9.82. The Morgan fingerprint density at radius 2 is 2.06 bits per heavy atom. The fourth-order valence-corrected chi connectivity index (χ4v) is 2.52. The van der Waals surface area contributed by atoms with Gasteiger partial charge < -0.3 is 5.43 Å². The van der Waals surface area contributed by atoms with E-state index >= 15 is 0 Å². The van der Waals surface area contributed by atoms with Crippen molar-refractivity contribution in [2.24, 2.45) is 17.7 Å². The molecule has 0 radical (unpaired) electrons. The first-order chi connectivity index (χ1) is 8.63. The van der Waals surface area contributed by atoms with Gasteiger partial charge in [0.1, 0.15) is 0 Å². The summed E-state index contributed by atoms with van der Waals surface area (Å²) in [6.07, 6.45) is 4.14. The minimum Gasteiger partial charge on any atom is -0.331 e. The highest BCUT2D eigenvalue weighted by Crippen LogP contribution is 2.31. The summed E-state index contributed by atoms with van der Waals surface area (Å²) in [6, 6.07) is 8.75. The van der Waals surface area contributed by atoms with Crippen molar-refractivity contribution in [1.29, 1.82) is 0 Å². The third-order valence-electron chi connectivity index (χ3n) is 3.55. The molecule has 0 aliphatic rings. The monoisotopic (exact) mass is 246 g/mol. The van der Waals surface area contributed by atoms with E-state index < -0.39 is 0 Å². The van der Waals surface area contributed by atoms with Crippen molar-refractivity contribution in [2.75, 3.05) is 0 Å². The third-order valence-corrected chi connectivity index (χ3v) is 3.55. The number of hydrogen-bond acceptors (Lipinski definition) is 2. The molecule has 1 unspecified atom stereocenters. The largest absolute Gasteiger partial charge is 0.331 e. The van der Waals surface area contributed by atoms with Crippen LogP contribution in [0, 0.1) is 11.8 Å². The van der Waals surface area contributed by atoms with Gasteiger partial charge in [0.2, 0.25) is 0 Å². The first kappa shape index (κ1) is 14.8. The molecular formula is C16H26N2. The summed E-state index contributed by atoms with van der Waals surface area (Å²) in [4.78, 5) is 0. The zero-order valence-electron chi connectivity index (χ0n) is 12.0. The van der Waals surface area contributed by atoms with Crippen LogP contribution < -0.4 is 11.3 Å². The summed E-state index contributed by atoms with van der Waals surface area (Å²) >= 11 is 0. The standard InChI is InChI=1S/C16H26N2/c1-5-13-8-7-9-14(10-13)16(11-18-17)15(6-2)12(3)4/h7-12,15,18H,5-6,17H2,1-4H3/b16-11-. The molecule has 0 aliphatic carbocycles. The first-order valence-corrected chi connectivity index (χ1v) is 6.89. The lowest BCUT2D eigenvalue weighted by Crippen LogP contribution is -2.18. The van der Waals surface area contributed by atoms with E-state index in [1.807, 2.05) is 6.20 Å². The van der Waals surface area contributed by atoms with Crippen molar-refractivity contribution in [3.05, 3.63) is 41.6 Å². The van der Waals surface area contributed by atoms with Gasteiger partial charge in [-0.3, -0.25) is 5.84 Å². The van der Waals surface area contributed by atoms with Crippen LogP contribution in [0.3, 0.4) is 0 Å². The highest BCUT2D eigenvalue weighted by molar-refractivity contribution is 5.67. The van der Waals surface area contributed by atoms with E-state index in [2.05, 4.69) is 57.4 Å². The molecule has 1 aromatic carbocycles. The van der Waals surface area contributed by atoms with Gasteiger partial charge in [0.05, 0.1) is 0 Å². The Hall–Kier alpha value is -1.28. The van der Waals surface area contributed by atoms with Crippen molar-refractivity contribution in [1.82, 2.24) is 5.43 Å². The number of nitrogens with two attached hydrogens (primary N) is 1. The molecule has 100 valence electrons. The number of benzene rings is 1. The van der Waals surface area contributed by atoms with Gasteiger partial charge in [-0.05, 0) is 41.4 Å². The first-order valence-electron chi connectivity index (χ1n) is 6.89. The van der Waals surface area contributed by atoms with E-state index in [4.69, 9.17) is 5.84 Å². The predicted octanol–water partition coefficient (Wildman–Crippen LogP) is 3.74. The van der Waals surface area contributed by atoms with Crippen LogP contribution in [0.5, 0.6) is 0 Å². The lowest BCUT2D eigenvalue weighted by Gasteiger charge is -2.23. The molecule has 2 nitrogen and oxygen atoms in total. The molecule has 1 atom stereocenters. The van der Waals surface area contributed by atoms with Crippen LogP contribution in [0.15, 0.2) is 30.5 Å². The average molecular weight is 246 g/mol. The summed E-state index contributed by atoms with van der Waals surface area (Å²) in [5.74, 6) is 6.65. The van der Waals surface area contributed by atoms with Crippen LogP contribution in [0.1, 0.15) is 45.2 Å². The summed E-state index contributed by atoms with van der Waals surface area (Å²) in [5.41, 5.74) is 6.68. The zero-order chi connectivity index (χ0) is 13.5. The maximum atomic E-state index is 5.50. The fourth-order valence-electron chi connectivity index (χ4n) is 2.52. The summed E-state index contributed by atoms with van der Waals surface area (Å²) < 4.78 is 0.